The number of fused-ring (bicyclic) bond motifs is 1. The molecule has 1 aromatic heterocycles. The number of aryl methyl sites for hydroxylation is 1. The second-order valence-electron chi connectivity index (χ2n) is 5.88. The van der Waals surface area contributed by atoms with Gasteiger partial charge in [0.05, 0.1) is 5.02 Å². The average Bonchev–Trinajstić information content (AvgIpc) is 2.69. The molecule has 0 aliphatic carbocycles. The van der Waals surface area contributed by atoms with Crippen LogP contribution in [0.25, 0.3) is 11.0 Å². The van der Waals surface area contributed by atoms with E-state index in [0.29, 0.717) is 5.02 Å². The monoisotopic (exact) mass is 265 g/mol. The second kappa shape index (κ2) is 4.94. The number of furan rings is 1. The second-order valence-corrected chi connectivity index (χ2v) is 6.29. The van der Waals surface area contributed by atoms with Gasteiger partial charge >= 0.3 is 0 Å². The highest BCUT2D eigenvalue weighted by Gasteiger charge is 2.20. The Hall–Kier alpha value is -0.990. The van der Waals surface area contributed by atoms with Crippen molar-refractivity contribution in [2.75, 3.05) is 0 Å². The molecule has 0 amide bonds. The van der Waals surface area contributed by atoms with Crippen molar-refractivity contribution in [1.82, 2.24) is 0 Å². The first-order valence-corrected chi connectivity index (χ1v) is 6.68. The highest BCUT2D eigenvalue weighted by molar-refractivity contribution is 6.34. The first kappa shape index (κ1) is 13.4. The molecule has 0 spiro atoms. The maximum atomic E-state index is 6.15. The number of para-hydroxylation sites is 1. The Labute approximate surface area is 113 Å². The zero-order chi connectivity index (χ0) is 13.3. The Bertz CT molecular complexity index is 539. The predicted molar refractivity (Wildman–Crippen MR) is 77.0 cm³/mol. The van der Waals surface area contributed by atoms with Crippen molar-refractivity contribution < 1.29 is 4.42 Å². The summed E-state index contributed by atoms with van der Waals surface area (Å²) < 4.78 is 5.77. The van der Waals surface area contributed by atoms with Crippen LogP contribution >= 0.6 is 11.6 Å². The summed E-state index contributed by atoms with van der Waals surface area (Å²) in [6.45, 7) is 6.48. The van der Waals surface area contributed by atoms with Gasteiger partial charge in [0.25, 0.3) is 0 Å². The van der Waals surface area contributed by atoms with Crippen LogP contribution in [0.1, 0.15) is 33.0 Å². The predicted octanol–water partition coefficient (Wildman–Crippen LogP) is 4.39. The number of benzene rings is 1. The highest BCUT2D eigenvalue weighted by Crippen LogP contribution is 2.28. The van der Waals surface area contributed by atoms with Crippen LogP contribution in [-0.2, 0) is 6.42 Å². The van der Waals surface area contributed by atoms with Crippen LogP contribution in [-0.4, -0.2) is 6.04 Å². The molecule has 0 saturated carbocycles. The topological polar surface area (TPSA) is 39.2 Å². The molecule has 98 valence electrons. The van der Waals surface area contributed by atoms with Crippen molar-refractivity contribution in [1.29, 1.82) is 0 Å². The number of halogens is 1. The van der Waals surface area contributed by atoms with Gasteiger partial charge in [0.1, 0.15) is 5.76 Å². The Kier molecular flexibility index (Phi) is 3.69. The Morgan fingerprint density at radius 2 is 2.06 bits per heavy atom. The van der Waals surface area contributed by atoms with E-state index >= 15 is 0 Å². The van der Waals surface area contributed by atoms with Crippen molar-refractivity contribution in [3.63, 3.8) is 0 Å². The minimum absolute atomic E-state index is 0.129. The lowest BCUT2D eigenvalue weighted by Crippen LogP contribution is -2.35. The molecule has 0 bridgehead atoms. The molecule has 3 heteroatoms. The lowest BCUT2D eigenvalue weighted by Gasteiger charge is -2.26. The molecule has 0 radical (unpaired) electrons. The smallest absolute Gasteiger partial charge is 0.152 e. The molecule has 1 heterocycles. The SMILES string of the molecule is CC(C)(C)C(N)CCc1cc2cccc(Cl)c2o1. The third-order valence-electron chi connectivity index (χ3n) is 3.36. The third kappa shape index (κ3) is 2.88. The fourth-order valence-electron chi connectivity index (χ4n) is 1.93. The third-order valence-corrected chi connectivity index (χ3v) is 3.66. The summed E-state index contributed by atoms with van der Waals surface area (Å²) in [5.41, 5.74) is 7.06. The fraction of sp³-hybridized carbons (Fsp3) is 0.467. The number of hydrogen-bond donors (Lipinski definition) is 1. The molecular weight excluding hydrogens is 246 g/mol. The quantitative estimate of drug-likeness (QED) is 0.894. The Balaban J connectivity index is 2.11. The van der Waals surface area contributed by atoms with E-state index in [-0.39, 0.29) is 11.5 Å². The molecule has 2 nitrogen and oxygen atoms in total. The van der Waals surface area contributed by atoms with Gasteiger partial charge in [0.15, 0.2) is 5.58 Å². The van der Waals surface area contributed by atoms with Gasteiger partial charge in [0.2, 0.25) is 0 Å². The minimum atomic E-state index is 0.129. The zero-order valence-electron chi connectivity index (χ0n) is 11.2. The molecule has 1 atom stereocenters. The summed E-state index contributed by atoms with van der Waals surface area (Å²) in [5, 5.41) is 1.72. The molecular formula is C15H20ClNO. The Morgan fingerprint density at radius 3 is 2.67 bits per heavy atom. The number of rotatable bonds is 3. The van der Waals surface area contributed by atoms with E-state index in [9.17, 15) is 0 Å². The molecule has 1 unspecified atom stereocenters. The maximum absolute atomic E-state index is 6.15. The van der Waals surface area contributed by atoms with Crippen LogP contribution in [0.5, 0.6) is 0 Å². The van der Waals surface area contributed by atoms with Gasteiger partial charge in [-0.3, -0.25) is 0 Å². The molecule has 0 saturated heterocycles. The van der Waals surface area contributed by atoms with E-state index in [2.05, 4.69) is 26.8 Å². The largest absolute Gasteiger partial charge is 0.460 e. The summed E-state index contributed by atoms with van der Waals surface area (Å²) in [5.74, 6) is 0.956. The van der Waals surface area contributed by atoms with Crippen LogP contribution in [0.4, 0.5) is 0 Å². The lowest BCUT2D eigenvalue weighted by molar-refractivity contribution is 0.301. The molecule has 2 aromatic rings. The van der Waals surface area contributed by atoms with Crippen LogP contribution in [0.15, 0.2) is 28.7 Å². The number of hydrogen-bond acceptors (Lipinski definition) is 2. The van der Waals surface area contributed by atoms with E-state index in [4.69, 9.17) is 21.8 Å². The van der Waals surface area contributed by atoms with E-state index in [0.717, 1.165) is 29.6 Å². The van der Waals surface area contributed by atoms with E-state index < -0.39 is 0 Å². The lowest BCUT2D eigenvalue weighted by atomic mass is 9.84. The highest BCUT2D eigenvalue weighted by atomic mass is 35.5. The normalized spacial score (nSPS) is 14.1. The zero-order valence-corrected chi connectivity index (χ0v) is 11.9. The van der Waals surface area contributed by atoms with E-state index in [1.54, 1.807) is 0 Å². The first-order valence-electron chi connectivity index (χ1n) is 6.30. The van der Waals surface area contributed by atoms with Crippen molar-refractivity contribution >= 4 is 22.6 Å². The number of nitrogens with two attached hydrogens (primary N) is 1. The van der Waals surface area contributed by atoms with Gasteiger partial charge in [-0.15, -0.1) is 0 Å². The maximum Gasteiger partial charge on any atom is 0.152 e. The molecule has 0 fully saturated rings. The van der Waals surface area contributed by atoms with Gasteiger partial charge < -0.3 is 10.2 Å². The van der Waals surface area contributed by atoms with Crippen LogP contribution in [0.3, 0.4) is 0 Å². The van der Waals surface area contributed by atoms with Crippen LogP contribution in [0.2, 0.25) is 5.02 Å². The van der Waals surface area contributed by atoms with Crippen LogP contribution < -0.4 is 5.73 Å². The average molecular weight is 266 g/mol. The molecule has 0 aliphatic heterocycles. The summed E-state index contributed by atoms with van der Waals surface area (Å²) >= 11 is 6.09. The minimum Gasteiger partial charge on any atom is -0.460 e. The van der Waals surface area contributed by atoms with Crippen molar-refractivity contribution in [2.24, 2.45) is 11.1 Å². The van der Waals surface area contributed by atoms with Crippen molar-refractivity contribution in [3.05, 3.63) is 35.0 Å². The van der Waals surface area contributed by atoms with E-state index in [1.165, 1.54) is 0 Å². The molecule has 2 rings (SSSR count). The molecule has 18 heavy (non-hydrogen) atoms. The van der Waals surface area contributed by atoms with Gasteiger partial charge in [-0.2, -0.15) is 0 Å². The van der Waals surface area contributed by atoms with Crippen molar-refractivity contribution in [2.45, 2.75) is 39.7 Å². The van der Waals surface area contributed by atoms with Gasteiger partial charge in [0, 0.05) is 17.8 Å². The standard InChI is InChI=1S/C15H20ClNO/c1-15(2,3)13(17)8-7-11-9-10-5-4-6-12(16)14(10)18-11/h4-6,9,13H,7-8,17H2,1-3H3. The van der Waals surface area contributed by atoms with Gasteiger partial charge in [-0.05, 0) is 24.0 Å². The first-order chi connectivity index (χ1) is 8.38. The summed E-state index contributed by atoms with van der Waals surface area (Å²) in [7, 11) is 0. The van der Waals surface area contributed by atoms with Crippen LogP contribution in [0, 0.1) is 5.41 Å². The van der Waals surface area contributed by atoms with Gasteiger partial charge in [-0.1, -0.05) is 44.5 Å². The van der Waals surface area contributed by atoms with Gasteiger partial charge in [-0.25, -0.2) is 0 Å². The molecule has 1 aromatic carbocycles. The summed E-state index contributed by atoms with van der Waals surface area (Å²) in [6, 6.07) is 8.01. The summed E-state index contributed by atoms with van der Waals surface area (Å²) in [4.78, 5) is 0. The van der Waals surface area contributed by atoms with Crippen molar-refractivity contribution in [3.8, 4) is 0 Å². The molecule has 0 aliphatic rings. The summed E-state index contributed by atoms with van der Waals surface area (Å²) in [6.07, 6.45) is 1.77. The van der Waals surface area contributed by atoms with E-state index in [1.807, 2.05) is 18.2 Å². The fourth-order valence-corrected chi connectivity index (χ4v) is 2.16. The molecule has 2 N–H and O–H groups in total. The Morgan fingerprint density at radius 1 is 1.33 bits per heavy atom.